The first-order valence-corrected chi connectivity index (χ1v) is 11.7. The molecule has 1 atom stereocenters. The molecule has 0 aliphatic heterocycles. The van der Waals surface area contributed by atoms with Crippen molar-refractivity contribution < 1.29 is 17.6 Å². The Hall–Kier alpha value is -3.03. The summed E-state index contributed by atoms with van der Waals surface area (Å²) in [6, 6.07) is 22.7. The summed E-state index contributed by atoms with van der Waals surface area (Å²) in [6.45, 7) is 1.34. The summed E-state index contributed by atoms with van der Waals surface area (Å²) in [5.41, 5.74) is 3.05. The summed E-state index contributed by atoms with van der Waals surface area (Å²) in [7, 11) is -3.74. The quantitative estimate of drug-likeness (QED) is 0.579. The lowest BCUT2D eigenvalue weighted by molar-refractivity contribution is -0.121. The van der Waals surface area contributed by atoms with E-state index in [1.54, 1.807) is 6.07 Å². The maximum Gasteiger partial charge on any atom is 0.236 e. The van der Waals surface area contributed by atoms with Gasteiger partial charge in [-0.25, -0.2) is 12.8 Å². The van der Waals surface area contributed by atoms with Crippen LogP contribution in [0.5, 0.6) is 0 Å². The second-order valence-electron chi connectivity index (χ2n) is 7.44. The fourth-order valence-electron chi connectivity index (χ4n) is 3.24. The van der Waals surface area contributed by atoms with Gasteiger partial charge in [-0.3, -0.25) is 4.79 Å². The van der Waals surface area contributed by atoms with Crippen LogP contribution < -0.4 is 5.32 Å². The molecule has 0 fully saturated rings. The van der Waals surface area contributed by atoms with Crippen molar-refractivity contribution >= 4 is 15.9 Å². The van der Waals surface area contributed by atoms with Crippen LogP contribution >= 0.6 is 0 Å². The van der Waals surface area contributed by atoms with Crippen LogP contribution in [0.2, 0.25) is 0 Å². The zero-order chi connectivity index (χ0) is 22.4. The zero-order valence-corrected chi connectivity index (χ0v) is 18.3. The van der Waals surface area contributed by atoms with Gasteiger partial charge in [0.15, 0.2) is 0 Å². The normalized spacial score (nSPS) is 12.5. The molecule has 7 heteroatoms. The zero-order valence-electron chi connectivity index (χ0n) is 17.5. The lowest BCUT2D eigenvalue weighted by atomic mass is 9.98. The van der Waals surface area contributed by atoms with Gasteiger partial charge in [0, 0.05) is 12.1 Å². The summed E-state index contributed by atoms with van der Waals surface area (Å²) in [5.74, 6) is -0.991. The molecule has 5 nitrogen and oxygen atoms in total. The topological polar surface area (TPSA) is 66.5 Å². The van der Waals surface area contributed by atoms with Crippen LogP contribution in [0.1, 0.15) is 28.3 Å². The molecule has 0 heterocycles. The van der Waals surface area contributed by atoms with Gasteiger partial charge in [-0.15, -0.1) is 0 Å². The number of aryl methyl sites for hydroxylation is 1. The molecule has 0 aliphatic carbocycles. The summed E-state index contributed by atoms with van der Waals surface area (Å²) in [5, 5.41) is 2.93. The molecule has 0 aromatic heterocycles. The van der Waals surface area contributed by atoms with E-state index in [-0.39, 0.29) is 12.1 Å². The van der Waals surface area contributed by atoms with E-state index >= 15 is 0 Å². The minimum absolute atomic E-state index is 0.207. The Morgan fingerprint density at radius 1 is 0.935 bits per heavy atom. The number of amides is 1. The number of sulfonamides is 1. The second-order valence-corrected chi connectivity index (χ2v) is 9.43. The van der Waals surface area contributed by atoms with E-state index in [0.29, 0.717) is 0 Å². The van der Waals surface area contributed by atoms with Crippen LogP contribution in [0.4, 0.5) is 4.39 Å². The highest BCUT2D eigenvalue weighted by atomic mass is 32.2. The molecule has 0 radical (unpaired) electrons. The van der Waals surface area contributed by atoms with E-state index in [1.807, 2.05) is 61.5 Å². The van der Waals surface area contributed by atoms with Crippen LogP contribution in [0.3, 0.4) is 0 Å². The number of hydrogen-bond acceptors (Lipinski definition) is 3. The van der Waals surface area contributed by atoms with Gasteiger partial charge in [0.2, 0.25) is 15.9 Å². The number of nitrogens with zero attached hydrogens (tertiary/aromatic N) is 1. The number of rotatable bonds is 8. The van der Waals surface area contributed by atoms with E-state index in [2.05, 4.69) is 5.32 Å². The Bertz CT molecular complexity index is 1130. The van der Waals surface area contributed by atoms with Gasteiger partial charge in [-0.2, -0.15) is 4.31 Å². The van der Waals surface area contributed by atoms with Gasteiger partial charge < -0.3 is 5.32 Å². The molecule has 3 aromatic carbocycles. The highest BCUT2D eigenvalue weighted by Crippen LogP contribution is 2.22. The molecule has 31 heavy (non-hydrogen) atoms. The van der Waals surface area contributed by atoms with Crippen molar-refractivity contribution in [1.82, 2.24) is 9.62 Å². The Labute approximate surface area is 182 Å². The second kappa shape index (κ2) is 9.85. The third-order valence-electron chi connectivity index (χ3n) is 4.94. The Balaban J connectivity index is 1.83. The molecule has 1 unspecified atom stereocenters. The fraction of sp³-hybridized carbons (Fsp3) is 0.208. The predicted octanol–water partition coefficient (Wildman–Crippen LogP) is 3.80. The molecule has 0 saturated carbocycles. The molecule has 0 saturated heterocycles. The minimum Gasteiger partial charge on any atom is -0.344 e. The Morgan fingerprint density at radius 2 is 1.52 bits per heavy atom. The van der Waals surface area contributed by atoms with E-state index < -0.39 is 34.3 Å². The highest BCUT2D eigenvalue weighted by molar-refractivity contribution is 7.88. The molecule has 162 valence electrons. The van der Waals surface area contributed by atoms with Gasteiger partial charge in [0.25, 0.3) is 0 Å². The molecule has 3 rings (SSSR count). The van der Waals surface area contributed by atoms with Crippen molar-refractivity contribution in [3.05, 3.63) is 107 Å². The standard InChI is InChI=1S/C24H25FN2O3S/c1-18-12-14-20(15-13-18)24(19-8-4-3-5-9-19)26-23(28)17-27(31(2,29)30)16-21-10-6-7-11-22(21)25/h3-15,24H,16-17H2,1-2H3,(H,26,28). The number of nitrogens with one attached hydrogen (secondary N) is 1. The summed E-state index contributed by atoms with van der Waals surface area (Å²) in [6.07, 6.45) is 1.01. The third-order valence-corrected chi connectivity index (χ3v) is 6.14. The van der Waals surface area contributed by atoms with E-state index in [9.17, 15) is 17.6 Å². The van der Waals surface area contributed by atoms with E-state index in [0.717, 1.165) is 27.3 Å². The third kappa shape index (κ3) is 6.23. The molecular weight excluding hydrogens is 415 g/mol. The first kappa shape index (κ1) is 22.7. The predicted molar refractivity (Wildman–Crippen MR) is 119 cm³/mol. The SMILES string of the molecule is Cc1ccc(C(NC(=O)CN(Cc2ccccc2F)S(C)(=O)=O)c2ccccc2)cc1. The van der Waals surface area contributed by atoms with Gasteiger partial charge in [-0.05, 0) is 24.1 Å². The maximum atomic E-state index is 14.0. The first-order valence-electron chi connectivity index (χ1n) is 9.83. The molecule has 0 aliphatic rings. The van der Waals surface area contributed by atoms with Gasteiger partial charge in [0.1, 0.15) is 5.82 Å². The maximum absolute atomic E-state index is 14.0. The van der Waals surface area contributed by atoms with Crippen LogP contribution in [-0.2, 0) is 21.4 Å². The monoisotopic (exact) mass is 440 g/mol. The van der Waals surface area contributed by atoms with E-state index in [4.69, 9.17) is 0 Å². The molecular formula is C24H25FN2O3S. The summed E-state index contributed by atoms with van der Waals surface area (Å²) < 4.78 is 39.5. The van der Waals surface area contributed by atoms with Crippen molar-refractivity contribution in [1.29, 1.82) is 0 Å². The minimum atomic E-state index is -3.74. The number of carbonyl (C=O) groups excluding carboxylic acids is 1. The van der Waals surface area contributed by atoms with Crippen molar-refractivity contribution in [2.45, 2.75) is 19.5 Å². The first-order chi connectivity index (χ1) is 14.7. The van der Waals surface area contributed by atoms with Crippen molar-refractivity contribution in [3.8, 4) is 0 Å². The van der Waals surface area contributed by atoms with Crippen LogP contribution in [0.25, 0.3) is 0 Å². The number of halogens is 1. The largest absolute Gasteiger partial charge is 0.344 e. The van der Waals surface area contributed by atoms with Crippen LogP contribution in [0, 0.1) is 12.7 Å². The van der Waals surface area contributed by atoms with Gasteiger partial charge in [0.05, 0.1) is 18.8 Å². The lowest BCUT2D eigenvalue weighted by Gasteiger charge is -2.24. The number of hydrogen-bond donors (Lipinski definition) is 1. The van der Waals surface area contributed by atoms with Gasteiger partial charge >= 0.3 is 0 Å². The van der Waals surface area contributed by atoms with Crippen LogP contribution in [-0.4, -0.2) is 31.4 Å². The average Bonchev–Trinajstić information content (AvgIpc) is 2.74. The van der Waals surface area contributed by atoms with Crippen molar-refractivity contribution in [2.24, 2.45) is 0 Å². The van der Waals surface area contributed by atoms with Gasteiger partial charge in [-0.1, -0.05) is 78.4 Å². The Kier molecular flexibility index (Phi) is 7.20. The lowest BCUT2D eigenvalue weighted by Crippen LogP contribution is -2.41. The van der Waals surface area contributed by atoms with Crippen molar-refractivity contribution in [3.63, 3.8) is 0 Å². The Morgan fingerprint density at radius 3 is 2.13 bits per heavy atom. The van der Waals surface area contributed by atoms with E-state index in [1.165, 1.54) is 18.2 Å². The smallest absolute Gasteiger partial charge is 0.236 e. The van der Waals surface area contributed by atoms with Crippen LogP contribution in [0.15, 0.2) is 78.9 Å². The fourth-order valence-corrected chi connectivity index (χ4v) is 3.96. The summed E-state index contributed by atoms with van der Waals surface area (Å²) >= 11 is 0. The molecule has 0 spiro atoms. The molecule has 0 bridgehead atoms. The number of carbonyl (C=O) groups is 1. The summed E-state index contributed by atoms with van der Waals surface area (Å²) in [4.78, 5) is 12.9. The highest BCUT2D eigenvalue weighted by Gasteiger charge is 2.24. The molecule has 1 N–H and O–H groups in total. The van der Waals surface area contributed by atoms with Crippen molar-refractivity contribution in [2.75, 3.05) is 12.8 Å². The molecule has 1 amide bonds. The average molecular weight is 441 g/mol. The number of benzene rings is 3. The molecule has 3 aromatic rings.